The van der Waals surface area contributed by atoms with Crippen LogP contribution in [0.2, 0.25) is 0 Å². The van der Waals surface area contributed by atoms with Gasteiger partial charge < -0.3 is 5.73 Å². The molecule has 2 nitrogen and oxygen atoms in total. The molecule has 2 N–H and O–H groups in total. The number of primary amides is 1. The lowest BCUT2D eigenvalue weighted by Crippen LogP contribution is -2.11. The van der Waals surface area contributed by atoms with Gasteiger partial charge in [0.1, 0.15) is 0 Å². The minimum absolute atomic E-state index is 0. The summed E-state index contributed by atoms with van der Waals surface area (Å²) in [6.07, 6.45) is 0. The van der Waals surface area contributed by atoms with Crippen LogP contribution in [-0.2, 0) is 0 Å². The molecule has 0 aliphatic rings. The van der Waals surface area contributed by atoms with Crippen molar-refractivity contribution in [1.29, 1.82) is 0 Å². The quantitative estimate of drug-likeness (QED) is 0.524. The number of benzene rings is 4. The van der Waals surface area contributed by atoms with Crippen LogP contribution < -0.4 is 5.73 Å². The summed E-state index contributed by atoms with van der Waals surface area (Å²) >= 11 is 0. The first kappa shape index (κ1) is 12.7. The molecule has 3 heteroatoms. The molecule has 0 aliphatic heterocycles. The molecule has 0 radical (unpaired) electrons. The van der Waals surface area contributed by atoms with Crippen molar-refractivity contribution in [2.24, 2.45) is 5.73 Å². The predicted molar refractivity (Wildman–Crippen MR) is 85.9 cm³/mol. The van der Waals surface area contributed by atoms with Gasteiger partial charge in [-0.2, -0.15) is 0 Å². The number of hydrogen-bond acceptors (Lipinski definition) is 1. The van der Waals surface area contributed by atoms with Gasteiger partial charge in [0.15, 0.2) is 0 Å². The second-order valence-corrected chi connectivity index (χ2v) is 4.83. The van der Waals surface area contributed by atoms with Gasteiger partial charge in [-0.1, -0.05) is 48.5 Å². The molecule has 1 amide bonds. The summed E-state index contributed by atoms with van der Waals surface area (Å²) in [4.78, 5) is 11.6. The number of amides is 1. The van der Waals surface area contributed by atoms with E-state index in [0.29, 0.717) is 5.56 Å². The Kier molecular flexibility index (Phi) is 2.77. The number of hydrogen-bond donors (Lipinski definition) is 1. The van der Waals surface area contributed by atoms with Gasteiger partial charge in [-0.25, -0.2) is 0 Å². The Morgan fingerprint density at radius 1 is 0.750 bits per heavy atom. The van der Waals surface area contributed by atoms with E-state index >= 15 is 0 Å². The molecule has 0 spiro atoms. The maximum atomic E-state index is 11.6. The van der Waals surface area contributed by atoms with Gasteiger partial charge in [-0.3, -0.25) is 4.79 Å². The Hall–Kier alpha value is -2.32. The normalized spacial score (nSPS) is 11.0. The molecule has 0 aliphatic carbocycles. The number of rotatable bonds is 1. The molecule has 0 aromatic heterocycles. The van der Waals surface area contributed by atoms with E-state index in [1.165, 1.54) is 16.2 Å². The van der Waals surface area contributed by atoms with Crippen LogP contribution in [0.25, 0.3) is 32.3 Å². The van der Waals surface area contributed by atoms with E-state index in [1.807, 2.05) is 18.2 Å². The van der Waals surface area contributed by atoms with Crippen molar-refractivity contribution in [3.63, 3.8) is 0 Å². The largest absolute Gasteiger partial charge is 0.366 e. The molecule has 0 saturated heterocycles. The smallest absolute Gasteiger partial charge is 0.249 e. The molecule has 4 aromatic rings. The van der Waals surface area contributed by atoms with Crippen LogP contribution in [0.5, 0.6) is 0 Å². The Bertz CT molecular complexity index is 930. The van der Waals surface area contributed by atoms with Gasteiger partial charge in [-0.05, 0) is 38.4 Å². The number of nitrogens with two attached hydrogens (primary N) is 1. The van der Waals surface area contributed by atoms with Crippen LogP contribution in [0.3, 0.4) is 0 Å². The molecule has 4 aromatic carbocycles. The average molecular weight is 282 g/mol. The Morgan fingerprint density at radius 2 is 1.30 bits per heavy atom. The molecule has 98 valence electrons. The van der Waals surface area contributed by atoms with Crippen molar-refractivity contribution < 1.29 is 4.79 Å². The standard InChI is InChI=1S/C17H11NO.ClH/c18-17(19)14-9-7-12-5-4-10-2-1-3-11-6-8-13(14)16(12)15(10)11;/h1-9H,(H2,18,19);1H. The van der Waals surface area contributed by atoms with Crippen LogP contribution in [-0.4, -0.2) is 5.91 Å². The summed E-state index contributed by atoms with van der Waals surface area (Å²) in [5, 5.41) is 6.81. The minimum atomic E-state index is -0.377. The summed E-state index contributed by atoms with van der Waals surface area (Å²) in [5.41, 5.74) is 6.06. The Morgan fingerprint density at radius 3 is 1.95 bits per heavy atom. The minimum Gasteiger partial charge on any atom is -0.366 e. The third-order valence-corrected chi connectivity index (χ3v) is 3.79. The molecule has 20 heavy (non-hydrogen) atoms. The molecule has 0 unspecified atom stereocenters. The molecule has 0 bridgehead atoms. The van der Waals surface area contributed by atoms with Gasteiger partial charge in [0.25, 0.3) is 0 Å². The van der Waals surface area contributed by atoms with E-state index in [-0.39, 0.29) is 18.3 Å². The third kappa shape index (κ3) is 1.55. The first-order valence-corrected chi connectivity index (χ1v) is 6.22. The van der Waals surface area contributed by atoms with Gasteiger partial charge in [-0.15, -0.1) is 12.4 Å². The van der Waals surface area contributed by atoms with Crippen molar-refractivity contribution in [2.45, 2.75) is 0 Å². The number of halogens is 1. The van der Waals surface area contributed by atoms with Crippen LogP contribution >= 0.6 is 12.4 Å². The topological polar surface area (TPSA) is 43.1 Å². The monoisotopic (exact) mass is 281 g/mol. The zero-order chi connectivity index (χ0) is 13.0. The van der Waals surface area contributed by atoms with E-state index in [9.17, 15) is 4.79 Å². The SMILES string of the molecule is Cl.NC(=O)c1ccc2ccc3cccc4ccc1c2c34. The molecule has 0 atom stereocenters. The predicted octanol–water partition coefficient (Wildman–Crippen LogP) is 4.10. The molecule has 0 heterocycles. The van der Waals surface area contributed by atoms with Crippen molar-refractivity contribution in [1.82, 2.24) is 0 Å². The van der Waals surface area contributed by atoms with E-state index in [2.05, 4.69) is 36.4 Å². The lowest BCUT2D eigenvalue weighted by Gasteiger charge is -2.12. The zero-order valence-corrected chi connectivity index (χ0v) is 11.4. The summed E-state index contributed by atoms with van der Waals surface area (Å²) < 4.78 is 0. The fourth-order valence-corrected chi connectivity index (χ4v) is 2.95. The Labute approximate surface area is 121 Å². The van der Waals surface area contributed by atoms with Crippen molar-refractivity contribution in [3.05, 3.63) is 60.2 Å². The van der Waals surface area contributed by atoms with E-state index in [0.717, 1.165) is 16.2 Å². The molecule has 0 saturated carbocycles. The second-order valence-electron chi connectivity index (χ2n) is 4.83. The highest BCUT2D eigenvalue weighted by Crippen LogP contribution is 2.35. The first-order chi connectivity index (χ1) is 9.25. The van der Waals surface area contributed by atoms with Crippen molar-refractivity contribution >= 4 is 50.6 Å². The van der Waals surface area contributed by atoms with Gasteiger partial charge in [0.05, 0.1) is 0 Å². The maximum absolute atomic E-state index is 11.6. The summed E-state index contributed by atoms with van der Waals surface area (Å²) in [5.74, 6) is -0.377. The van der Waals surface area contributed by atoms with Crippen LogP contribution in [0.15, 0.2) is 54.6 Å². The highest BCUT2D eigenvalue weighted by molar-refractivity contribution is 6.26. The molecular weight excluding hydrogens is 270 g/mol. The summed E-state index contributed by atoms with van der Waals surface area (Å²) in [6.45, 7) is 0. The highest BCUT2D eigenvalue weighted by atomic mass is 35.5. The fourth-order valence-electron chi connectivity index (χ4n) is 2.95. The second kappa shape index (κ2) is 4.36. The maximum Gasteiger partial charge on any atom is 0.249 e. The molecule has 0 fully saturated rings. The van der Waals surface area contributed by atoms with Gasteiger partial charge in [0.2, 0.25) is 5.91 Å². The molecule has 4 rings (SSSR count). The first-order valence-electron chi connectivity index (χ1n) is 6.22. The number of carbonyl (C=O) groups excluding carboxylic acids is 1. The van der Waals surface area contributed by atoms with Gasteiger partial charge >= 0.3 is 0 Å². The molecular formula is C17H12ClNO. The van der Waals surface area contributed by atoms with E-state index in [4.69, 9.17) is 5.73 Å². The number of carbonyl (C=O) groups is 1. The van der Waals surface area contributed by atoms with E-state index < -0.39 is 0 Å². The zero-order valence-electron chi connectivity index (χ0n) is 10.6. The average Bonchev–Trinajstić information content (AvgIpc) is 2.44. The van der Waals surface area contributed by atoms with Crippen molar-refractivity contribution in [3.8, 4) is 0 Å². The third-order valence-electron chi connectivity index (χ3n) is 3.79. The van der Waals surface area contributed by atoms with Crippen LogP contribution in [0.1, 0.15) is 10.4 Å². The van der Waals surface area contributed by atoms with Crippen LogP contribution in [0.4, 0.5) is 0 Å². The summed E-state index contributed by atoms with van der Waals surface area (Å²) in [6, 6.07) is 18.3. The van der Waals surface area contributed by atoms with Crippen molar-refractivity contribution in [2.75, 3.05) is 0 Å². The van der Waals surface area contributed by atoms with E-state index in [1.54, 1.807) is 0 Å². The fraction of sp³-hybridized carbons (Fsp3) is 0. The summed E-state index contributed by atoms with van der Waals surface area (Å²) in [7, 11) is 0. The van der Waals surface area contributed by atoms with Crippen LogP contribution in [0, 0.1) is 0 Å². The lowest BCUT2D eigenvalue weighted by molar-refractivity contribution is 0.100. The van der Waals surface area contributed by atoms with Gasteiger partial charge in [0, 0.05) is 5.56 Å². The Balaban J connectivity index is 0.00000121. The lowest BCUT2D eigenvalue weighted by atomic mass is 9.92. The highest BCUT2D eigenvalue weighted by Gasteiger charge is 2.12.